The standard InChI is InChI=1S/C7H9BrF3N/c8-5-6(2-1-3-12)4-7(9,10)11/h6H,1-2,4-5H2. The fraction of sp³-hybridized carbons (Fsp3) is 0.857. The molecule has 1 nitrogen and oxygen atoms in total. The van der Waals surface area contributed by atoms with Gasteiger partial charge in [-0.3, -0.25) is 0 Å². The van der Waals surface area contributed by atoms with Crippen molar-refractivity contribution in [3.05, 3.63) is 0 Å². The zero-order valence-corrected chi connectivity index (χ0v) is 7.95. The highest BCUT2D eigenvalue weighted by Crippen LogP contribution is 2.28. The summed E-state index contributed by atoms with van der Waals surface area (Å²) in [5.41, 5.74) is 0. The molecule has 0 aromatic heterocycles. The molecule has 0 N–H and O–H groups in total. The van der Waals surface area contributed by atoms with Gasteiger partial charge in [0.1, 0.15) is 0 Å². The molecule has 0 aliphatic carbocycles. The lowest BCUT2D eigenvalue weighted by molar-refractivity contribution is -0.143. The van der Waals surface area contributed by atoms with Gasteiger partial charge in [0.25, 0.3) is 0 Å². The van der Waals surface area contributed by atoms with E-state index in [2.05, 4.69) is 15.9 Å². The lowest BCUT2D eigenvalue weighted by Crippen LogP contribution is -2.16. The third kappa shape index (κ3) is 6.47. The Morgan fingerprint density at radius 3 is 2.33 bits per heavy atom. The fourth-order valence-corrected chi connectivity index (χ4v) is 1.38. The molecule has 70 valence electrons. The van der Waals surface area contributed by atoms with Crippen molar-refractivity contribution in [1.29, 1.82) is 5.26 Å². The van der Waals surface area contributed by atoms with Crippen molar-refractivity contribution in [2.24, 2.45) is 5.92 Å². The molecule has 0 aliphatic heterocycles. The first kappa shape index (κ1) is 11.8. The minimum Gasteiger partial charge on any atom is -0.198 e. The molecule has 0 radical (unpaired) electrons. The molecule has 0 bridgehead atoms. The molecule has 0 aliphatic rings. The minimum atomic E-state index is -4.12. The van der Waals surface area contributed by atoms with Crippen LogP contribution < -0.4 is 0 Å². The van der Waals surface area contributed by atoms with E-state index in [9.17, 15) is 13.2 Å². The Morgan fingerprint density at radius 1 is 1.42 bits per heavy atom. The minimum absolute atomic E-state index is 0.187. The zero-order chi connectivity index (χ0) is 9.61. The number of nitrogens with zero attached hydrogens (tertiary/aromatic N) is 1. The number of hydrogen-bond donors (Lipinski definition) is 0. The van der Waals surface area contributed by atoms with E-state index in [-0.39, 0.29) is 6.42 Å². The Hall–Kier alpha value is -0.240. The maximum atomic E-state index is 11.8. The van der Waals surface area contributed by atoms with Gasteiger partial charge in [-0.1, -0.05) is 15.9 Å². The molecule has 0 rings (SSSR count). The Balaban J connectivity index is 3.77. The topological polar surface area (TPSA) is 23.8 Å². The van der Waals surface area contributed by atoms with Crippen molar-refractivity contribution in [2.45, 2.75) is 25.4 Å². The molecular formula is C7H9BrF3N. The quantitative estimate of drug-likeness (QED) is 0.696. The summed E-state index contributed by atoms with van der Waals surface area (Å²) in [6, 6.07) is 1.83. The van der Waals surface area contributed by atoms with E-state index in [1.165, 1.54) is 0 Å². The molecule has 5 heteroatoms. The number of hydrogen-bond acceptors (Lipinski definition) is 1. The van der Waals surface area contributed by atoms with Gasteiger partial charge in [-0.15, -0.1) is 0 Å². The first-order valence-corrected chi connectivity index (χ1v) is 4.61. The summed E-state index contributed by atoms with van der Waals surface area (Å²) < 4.78 is 35.4. The van der Waals surface area contributed by atoms with E-state index >= 15 is 0 Å². The van der Waals surface area contributed by atoms with Crippen LogP contribution in [0.3, 0.4) is 0 Å². The maximum Gasteiger partial charge on any atom is 0.389 e. The van der Waals surface area contributed by atoms with Crippen molar-refractivity contribution in [1.82, 2.24) is 0 Å². The summed E-state index contributed by atoms with van der Waals surface area (Å²) in [5, 5.41) is 8.46. The second kappa shape index (κ2) is 5.41. The van der Waals surface area contributed by atoms with E-state index in [4.69, 9.17) is 5.26 Å². The molecule has 1 atom stereocenters. The first-order valence-electron chi connectivity index (χ1n) is 3.49. The Labute approximate surface area is 77.7 Å². The van der Waals surface area contributed by atoms with E-state index in [1.54, 1.807) is 0 Å². The van der Waals surface area contributed by atoms with E-state index < -0.39 is 18.5 Å². The van der Waals surface area contributed by atoms with Gasteiger partial charge < -0.3 is 0 Å². The van der Waals surface area contributed by atoms with Crippen LogP contribution in [0.15, 0.2) is 0 Å². The van der Waals surface area contributed by atoms with Gasteiger partial charge in [0.05, 0.1) is 6.07 Å². The van der Waals surface area contributed by atoms with Gasteiger partial charge in [0, 0.05) is 18.2 Å². The van der Waals surface area contributed by atoms with Crippen molar-refractivity contribution in [3.63, 3.8) is 0 Å². The summed E-state index contributed by atoms with van der Waals surface area (Å²) in [6.07, 6.45) is -4.43. The first-order chi connectivity index (χ1) is 5.49. The average molecular weight is 244 g/mol. The highest BCUT2D eigenvalue weighted by molar-refractivity contribution is 9.09. The average Bonchev–Trinajstić information content (AvgIpc) is 1.95. The van der Waals surface area contributed by atoms with Gasteiger partial charge >= 0.3 is 6.18 Å². The summed E-state index contributed by atoms with van der Waals surface area (Å²) in [4.78, 5) is 0. The summed E-state index contributed by atoms with van der Waals surface area (Å²) in [6.45, 7) is 0. The highest BCUT2D eigenvalue weighted by atomic mass is 79.9. The smallest absolute Gasteiger partial charge is 0.198 e. The Bertz CT molecular complexity index is 161. The Morgan fingerprint density at radius 2 is 2.00 bits per heavy atom. The van der Waals surface area contributed by atoms with Gasteiger partial charge in [-0.25, -0.2) is 0 Å². The highest BCUT2D eigenvalue weighted by Gasteiger charge is 2.30. The van der Waals surface area contributed by atoms with Crippen molar-refractivity contribution >= 4 is 15.9 Å². The number of nitriles is 1. The lowest BCUT2D eigenvalue weighted by atomic mass is 10.0. The van der Waals surface area contributed by atoms with Crippen LogP contribution in [0, 0.1) is 17.2 Å². The van der Waals surface area contributed by atoms with Crippen LogP contribution in [-0.2, 0) is 0 Å². The molecule has 0 saturated carbocycles. The van der Waals surface area contributed by atoms with E-state index in [0.717, 1.165) is 0 Å². The summed E-state index contributed by atoms with van der Waals surface area (Å²) in [5.74, 6) is -0.468. The van der Waals surface area contributed by atoms with Crippen molar-refractivity contribution in [3.8, 4) is 6.07 Å². The molecule has 0 heterocycles. The molecule has 1 unspecified atom stereocenters. The predicted molar refractivity (Wildman–Crippen MR) is 42.8 cm³/mol. The van der Waals surface area contributed by atoms with Crippen LogP contribution in [-0.4, -0.2) is 11.5 Å². The number of alkyl halides is 4. The van der Waals surface area contributed by atoms with E-state index in [1.807, 2.05) is 6.07 Å². The second-order valence-corrected chi connectivity index (χ2v) is 3.18. The normalized spacial score (nSPS) is 13.9. The number of halogens is 4. The van der Waals surface area contributed by atoms with Gasteiger partial charge in [0.2, 0.25) is 0 Å². The third-order valence-electron chi connectivity index (χ3n) is 1.40. The number of rotatable bonds is 4. The molecule has 0 amide bonds. The molecule has 0 saturated heterocycles. The maximum absolute atomic E-state index is 11.8. The van der Waals surface area contributed by atoms with Crippen LogP contribution >= 0.6 is 15.9 Å². The van der Waals surface area contributed by atoms with Crippen LogP contribution in [0.2, 0.25) is 0 Å². The second-order valence-electron chi connectivity index (χ2n) is 2.54. The van der Waals surface area contributed by atoms with Gasteiger partial charge in [-0.05, 0) is 12.3 Å². The fourth-order valence-electron chi connectivity index (χ4n) is 0.830. The zero-order valence-electron chi connectivity index (χ0n) is 6.36. The monoisotopic (exact) mass is 243 g/mol. The van der Waals surface area contributed by atoms with Gasteiger partial charge in [-0.2, -0.15) is 18.4 Å². The molecule has 0 fully saturated rings. The summed E-state index contributed by atoms with van der Waals surface area (Å²) >= 11 is 2.99. The molecule has 12 heavy (non-hydrogen) atoms. The molecular weight excluding hydrogens is 235 g/mol. The lowest BCUT2D eigenvalue weighted by Gasteiger charge is -2.14. The third-order valence-corrected chi connectivity index (χ3v) is 2.32. The predicted octanol–water partition coefficient (Wildman–Crippen LogP) is 3.25. The van der Waals surface area contributed by atoms with Crippen molar-refractivity contribution in [2.75, 3.05) is 5.33 Å². The molecule has 0 aromatic rings. The molecule has 0 aromatic carbocycles. The van der Waals surface area contributed by atoms with Crippen LogP contribution in [0.4, 0.5) is 13.2 Å². The summed E-state index contributed by atoms with van der Waals surface area (Å²) in [7, 11) is 0. The van der Waals surface area contributed by atoms with Crippen LogP contribution in [0.25, 0.3) is 0 Å². The van der Waals surface area contributed by atoms with Crippen LogP contribution in [0.5, 0.6) is 0 Å². The Kier molecular flexibility index (Phi) is 5.31. The SMILES string of the molecule is N#CCCC(CBr)CC(F)(F)F. The van der Waals surface area contributed by atoms with Gasteiger partial charge in [0.15, 0.2) is 0 Å². The molecule has 0 spiro atoms. The van der Waals surface area contributed by atoms with Crippen LogP contribution in [0.1, 0.15) is 19.3 Å². The van der Waals surface area contributed by atoms with E-state index in [0.29, 0.717) is 11.8 Å². The van der Waals surface area contributed by atoms with Crippen molar-refractivity contribution < 1.29 is 13.2 Å². The largest absolute Gasteiger partial charge is 0.389 e.